The molecule has 0 spiro atoms. The first-order valence-electron chi connectivity index (χ1n) is 8.34. The smallest absolute Gasteiger partial charge is 0.321 e. The van der Waals surface area contributed by atoms with E-state index in [0.29, 0.717) is 13.1 Å². The van der Waals surface area contributed by atoms with Crippen LogP contribution in [0.15, 0.2) is 42.5 Å². The highest BCUT2D eigenvalue weighted by Crippen LogP contribution is 2.27. The van der Waals surface area contributed by atoms with E-state index in [2.05, 4.69) is 10.6 Å². The average molecular weight is 343 g/mol. The maximum Gasteiger partial charge on any atom is 0.321 e. The van der Waals surface area contributed by atoms with Gasteiger partial charge in [-0.1, -0.05) is 12.1 Å². The van der Waals surface area contributed by atoms with Gasteiger partial charge in [-0.2, -0.15) is 0 Å². The van der Waals surface area contributed by atoms with Gasteiger partial charge in [0.25, 0.3) is 0 Å². The first-order chi connectivity index (χ1) is 12.1. The third-order valence-corrected chi connectivity index (χ3v) is 4.30. The van der Waals surface area contributed by atoms with Gasteiger partial charge < -0.3 is 15.4 Å². The first-order valence-corrected chi connectivity index (χ1v) is 8.34. The monoisotopic (exact) mass is 343 g/mol. The first kappa shape index (κ1) is 17.1. The Labute approximate surface area is 146 Å². The van der Waals surface area contributed by atoms with Gasteiger partial charge in [0, 0.05) is 30.5 Å². The standard InChI is InChI=1S/C19H22FN3O2/c1-13(14-7-8-18(25-2)17(20)11-14)22-15-5-3-6-16(12-15)23-10-4-9-21-19(23)24/h3,5-8,11-13,22H,4,9-10H2,1-2H3,(H,21,24). The number of hydrogen-bond acceptors (Lipinski definition) is 3. The van der Waals surface area contributed by atoms with Crippen molar-refractivity contribution in [1.82, 2.24) is 5.32 Å². The lowest BCUT2D eigenvalue weighted by atomic mass is 10.1. The van der Waals surface area contributed by atoms with Gasteiger partial charge in [-0.05, 0) is 49.2 Å². The van der Waals surface area contributed by atoms with Crippen LogP contribution in [0.25, 0.3) is 0 Å². The Morgan fingerprint density at radius 3 is 2.84 bits per heavy atom. The van der Waals surface area contributed by atoms with E-state index in [9.17, 15) is 9.18 Å². The van der Waals surface area contributed by atoms with Crippen LogP contribution >= 0.6 is 0 Å². The van der Waals surface area contributed by atoms with Crippen LogP contribution in [0.4, 0.5) is 20.6 Å². The number of carbonyl (C=O) groups is 1. The fourth-order valence-electron chi connectivity index (χ4n) is 2.92. The third kappa shape index (κ3) is 3.84. The summed E-state index contributed by atoms with van der Waals surface area (Å²) in [6, 6.07) is 12.4. The lowest BCUT2D eigenvalue weighted by Gasteiger charge is -2.28. The molecule has 2 aromatic rings. The predicted octanol–water partition coefficient (Wildman–Crippen LogP) is 3.93. The molecule has 0 bridgehead atoms. The van der Waals surface area contributed by atoms with Crippen molar-refractivity contribution in [1.29, 1.82) is 0 Å². The Hall–Kier alpha value is -2.76. The van der Waals surface area contributed by atoms with Crippen molar-refractivity contribution in [2.24, 2.45) is 0 Å². The Morgan fingerprint density at radius 2 is 2.12 bits per heavy atom. The van der Waals surface area contributed by atoms with E-state index in [4.69, 9.17) is 4.74 Å². The quantitative estimate of drug-likeness (QED) is 0.865. The molecule has 0 radical (unpaired) electrons. The van der Waals surface area contributed by atoms with Gasteiger partial charge in [0.15, 0.2) is 11.6 Å². The van der Waals surface area contributed by atoms with Crippen LogP contribution in [-0.4, -0.2) is 26.2 Å². The minimum atomic E-state index is -0.382. The summed E-state index contributed by atoms with van der Waals surface area (Å²) in [5, 5.41) is 6.20. The summed E-state index contributed by atoms with van der Waals surface area (Å²) < 4.78 is 18.8. The van der Waals surface area contributed by atoms with Crippen molar-refractivity contribution < 1.29 is 13.9 Å². The second-order valence-electron chi connectivity index (χ2n) is 6.05. The third-order valence-electron chi connectivity index (χ3n) is 4.30. The molecular weight excluding hydrogens is 321 g/mol. The fraction of sp³-hybridized carbons (Fsp3) is 0.316. The Kier molecular flexibility index (Phi) is 5.07. The number of halogens is 1. The van der Waals surface area contributed by atoms with Crippen LogP contribution in [0.1, 0.15) is 24.9 Å². The molecule has 6 heteroatoms. The van der Waals surface area contributed by atoms with Gasteiger partial charge in [0.05, 0.1) is 7.11 Å². The van der Waals surface area contributed by atoms with Crippen LogP contribution in [0.3, 0.4) is 0 Å². The number of ether oxygens (including phenoxy) is 1. The van der Waals surface area contributed by atoms with Crippen LogP contribution < -0.4 is 20.3 Å². The molecule has 1 unspecified atom stereocenters. The minimum absolute atomic E-state index is 0.0753. The molecule has 2 N–H and O–H groups in total. The summed E-state index contributed by atoms with van der Waals surface area (Å²) in [6.07, 6.45) is 0.922. The molecule has 0 saturated carbocycles. The summed E-state index contributed by atoms with van der Waals surface area (Å²) in [4.78, 5) is 13.7. The van der Waals surface area contributed by atoms with E-state index < -0.39 is 0 Å². The van der Waals surface area contributed by atoms with E-state index in [0.717, 1.165) is 23.4 Å². The molecule has 132 valence electrons. The minimum Gasteiger partial charge on any atom is -0.494 e. The molecule has 1 fully saturated rings. The van der Waals surface area contributed by atoms with Crippen LogP contribution in [0, 0.1) is 5.82 Å². The Morgan fingerprint density at radius 1 is 1.28 bits per heavy atom. The molecule has 2 aromatic carbocycles. The van der Waals surface area contributed by atoms with E-state index in [-0.39, 0.29) is 23.6 Å². The summed E-state index contributed by atoms with van der Waals surface area (Å²) in [6.45, 7) is 3.38. The van der Waals surface area contributed by atoms with Gasteiger partial charge in [-0.25, -0.2) is 9.18 Å². The summed E-state index contributed by atoms with van der Waals surface area (Å²) >= 11 is 0. The number of methoxy groups -OCH3 is 1. The average Bonchev–Trinajstić information content (AvgIpc) is 2.62. The van der Waals surface area contributed by atoms with Crippen molar-refractivity contribution in [3.05, 3.63) is 53.8 Å². The van der Waals surface area contributed by atoms with Crippen molar-refractivity contribution in [3.8, 4) is 5.75 Å². The number of hydrogen-bond donors (Lipinski definition) is 2. The highest BCUT2D eigenvalue weighted by atomic mass is 19.1. The number of anilines is 2. The maximum absolute atomic E-state index is 13.9. The molecular formula is C19H22FN3O2. The zero-order chi connectivity index (χ0) is 17.8. The topological polar surface area (TPSA) is 53.6 Å². The molecule has 0 aliphatic carbocycles. The predicted molar refractivity (Wildman–Crippen MR) is 96.8 cm³/mol. The van der Waals surface area contributed by atoms with E-state index in [1.54, 1.807) is 11.0 Å². The van der Waals surface area contributed by atoms with Gasteiger partial charge >= 0.3 is 6.03 Å². The molecule has 1 aliphatic rings. The fourth-order valence-corrected chi connectivity index (χ4v) is 2.92. The molecule has 1 atom stereocenters. The largest absolute Gasteiger partial charge is 0.494 e. The van der Waals surface area contributed by atoms with Crippen molar-refractivity contribution >= 4 is 17.4 Å². The molecule has 5 nitrogen and oxygen atoms in total. The zero-order valence-electron chi connectivity index (χ0n) is 14.4. The molecule has 25 heavy (non-hydrogen) atoms. The van der Waals surface area contributed by atoms with Crippen molar-refractivity contribution in [2.75, 3.05) is 30.4 Å². The lowest BCUT2D eigenvalue weighted by molar-refractivity contribution is 0.243. The Bertz CT molecular complexity index is 766. The van der Waals surface area contributed by atoms with E-state index in [1.165, 1.54) is 13.2 Å². The molecule has 1 saturated heterocycles. The number of benzene rings is 2. The molecule has 1 heterocycles. The number of nitrogens with zero attached hydrogens (tertiary/aromatic N) is 1. The van der Waals surface area contributed by atoms with Gasteiger partial charge in [-0.3, -0.25) is 4.90 Å². The maximum atomic E-state index is 13.9. The second kappa shape index (κ2) is 7.42. The van der Waals surface area contributed by atoms with Gasteiger partial charge in [0.2, 0.25) is 0 Å². The van der Waals surface area contributed by atoms with E-state index in [1.807, 2.05) is 37.3 Å². The van der Waals surface area contributed by atoms with Crippen LogP contribution in [0.2, 0.25) is 0 Å². The summed E-state index contributed by atoms with van der Waals surface area (Å²) in [7, 11) is 1.45. The SMILES string of the molecule is COc1ccc(C(C)Nc2cccc(N3CCCNC3=O)c2)cc1F. The van der Waals surface area contributed by atoms with Crippen LogP contribution in [0.5, 0.6) is 5.75 Å². The summed E-state index contributed by atoms with van der Waals surface area (Å²) in [5.74, 6) is -0.151. The van der Waals surface area contributed by atoms with E-state index >= 15 is 0 Å². The molecule has 2 amide bonds. The molecule has 1 aliphatic heterocycles. The highest BCUT2D eigenvalue weighted by Gasteiger charge is 2.19. The zero-order valence-corrected chi connectivity index (χ0v) is 14.4. The second-order valence-corrected chi connectivity index (χ2v) is 6.05. The Balaban J connectivity index is 1.75. The van der Waals surface area contributed by atoms with Crippen molar-refractivity contribution in [2.45, 2.75) is 19.4 Å². The number of amides is 2. The molecule has 0 aromatic heterocycles. The van der Waals surface area contributed by atoms with Crippen molar-refractivity contribution in [3.63, 3.8) is 0 Å². The number of nitrogens with one attached hydrogen (secondary N) is 2. The number of carbonyl (C=O) groups excluding carboxylic acids is 1. The van der Waals surface area contributed by atoms with Gasteiger partial charge in [0.1, 0.15) is 0 Å². The number of rotatable bonds is 5. The normalized spacial score (nSPS) is 15.5. The highest BCUT2D eigenvalue weighted by molar-refractivity contribution is 5.93. The summed E-state index contributed by atoms with van der Waals surface area (Å²) in [5.41, 5.74) is 2.54. The van der Waals surface area contributed by atoms with Gasteiger partial charge in [-0.15, -0.1) is 0 Å². The number of urea groups is 1. The molecule has 3 rings (SSSR count). The van der Waals surface area contributed by atoms with Crippen LogP contribution in [-0.2, 0) is 0 Å². The lowest BCUT2D eigenvalue weighted by Crippen LogP contribution is -2.46.